The zero-order valence-corrected chi connectivity index (χ0v) is 13.3. The number of methoxy groups -OCH3 is 1. The van der Waals surface area contributed by atoms with E-state index in [1.807, 2.05) is 12.1 Å². The molecule has 0 aliphatic carbocycles. The number of carboxylic acid groups (broad SMARTS) is 1. The standard InChI is InChI=1S/C17H27NO3/c1-4-5-11-18(13-14(2)17(19)20)12-10-15-6-8-16(21-3)9-7-15/h6-9,14H,4-5,10-13H2,1-3H3,(H,19,20). The Morgan fingerprint density at radius 3 is 2.48 bits per heavy atom. The molecule has 0 bridgehead atoms. The SMILES string of the molecule is CCCCN(CCc1ccc(OC)cc1)CC(C)C(=O)O. The molecule has 4 nitrogen and oxygen atoms in total. The number of hydrogen-bond donors (Lipinski definition) is 1. The summed E-state index contributed by atoms with van der Waals surface area (Å²) in [4.78, 5) is 13.3. The third-order valence-electron chi connectivity index (χ3n) is 3.66. The van der Waals surface area contributed by atoms with E-state index in [1.165, 1.54) is 5.56 Å². The minimum absolute atomic E-state index is 0.322. The van der Waals surface area contributed by atoms with Crippen LogP contribution in [0.3, 0.4) is 0 Å². The lowest BCUT2D eigenvalue weighted by molar-refractivity contribution is -0.141. The van der Waals surface area contributed by atoms with Crippen molar-refractivity contribution in [2.75, 3.05) is 26.7 Å². The Hall–Kier alpha value is -1.55. The van der Waals surface area contributed by atoms with Crippen molar-refractivity contribution in [3.8, 4) is 5.75 Å². The van der Waals surface area contributed by atoms with Crippen molar-refractivity contribution < 1.29 is 14.6 Å². The Balaban J connectivity index is 2.52. The Bertz CT molecular complexity index is 417. The van der Waals surface area contributed by atoms with Crippen LogP contribution in [0.25, 0.3) is 0 Å². The van der Waals surface area contributed by atoms with Crippen LogP contribution in [0.1, 0.15) is 32.3 Å². The second kappa shape index (κ2) is 9.40. The second-order valence-electron chi connectivity index (χ2n) is 5.49. The van der Waals surface area contributed by atoms with E-state index in [2.05, 4.69) is 24.0 Å². The molecule has 0 amide bonds. The molecule has 1 N–H and O–H groups in total. The molecule has 1 rings (SSSR count). The van der Waals surface area contributed by atoms with Gasteiger partial charge in [0.25, 0.3) is 0 Å². The fourth-order valence-corrected chi connectivity index (χ4v) is 2.22. The Labute approximate surface area is 127 Å². The molecule has 1 aromatic rings. The number of carboxylic acids is 1. The van der Waals surface area contributed by atoms with Crippen LogP contribution in [-0.4, -0.2) is 42.7 Å². The van der Waals surface area contributed by atoms with Crippen LogP contribution in [-0.2, 0) is 11.2 Å². The van der Waals surface area contributed by atoms with E-state index in [0.29, 0.717) is 6.54 Å². The fourth-order valence-electron chi connectivity index (χ4n) is 2.22. The molecule has 0 spiro atoms. The number of unbranched alkanes of at least 4 members (excludes halogenated alkanes) is 1. The first-order valence-electron chi connectivity index (χ1n) is 7.65. The Kier molecular flexibility index (Phi) is 7.83. The van der Waals surface area contributed by atoms with Gasteiger partial charge in [-0.3, -0.25) is 4.79 Å². The van der Waals surface area contributed by atoms with Gasteiger partial charge in [0.1, 0.15) is 5.75 Å². The predicted octanol–water partition coefficient (Wildman–Crippen LogP) is 3.06. The van der Waals surface area contributed by atoms with Crippen molar-refractivity contribution in [3.05, 3.63) is 29.8 Å². The molecule has 0 heterocycles. The normalized spacial score (nSPS) is 12.4. The molecule has 0 aliphatic heterocycles. The van der Waals surface area contributed by atoms with E-state index in [0.717, 1.165) is 38.1 Å². The van der Waals surface area contributed by atoms with Crippen molar-refractivity contribution in [1.29, 1.82) is 0 Å². The summed E-state index contributed by atoms with van der Waals surface area (Å²) in [5.74, 6) is -0.181. The summed E-state index contributed by atoms with van der Waals surface area (Å²) in [5, 5.41) is 9.06. The lowest BCUT2D eigenvalue weighted by Crippen LogP contribution is -2.34. The quantitative estimate of drug-likeness (QED) is 0.720. The van der Waals surface area contributed by atoms with Crippen LogP contribution >= 0.6 is 0 Å². The van der Waals surface area contributed by atoms with E-state index < -0.39 is 5.97 Å². The maximum absolute atomic E-state index is 11.0. The molecule has 1 atom stereocenters. The number of rotatable bonds is 10. The highest BCUT2D eigenvalue weighted by Crippen LogP contribution is 2.12. The predicted molar refractivity (Wildman–Crippen MR) is 84.8 cm³/mol. The largest absolute Gasteiger partial charge is 0.497 e. The van der Waals surface area contributed by atoms with Gasteiger partial charge in [-0.25, -0.2) is 0 Å². The number of ether oxygens (including phenoxy) is 1. The highest BCUT2D eigenvalue weighted by Gasteiger charge is 2.15. The molecule has 4 heteroatoms. The minimum atomic E-state index is -0.721. The van der Waals surface area contributed by atoms with E-state index in [4.69, 9.17) is 9.84 Å². The van der Waals surface area contributed by atoms with Gasteiger partial charge in [0.2, 0.25) is 0 Å². The number of hydrogen-bond acceptors (Lipinski definition) is 3. The summed E-state index contributed by atoms with van der Waals surface area (Å²) in [6.07, 6.45) is 3.16. The molecule has 1 aromatic carbocycles. The van der Waals surface area contributed by atoms with Gasteiger partial charge in [0.05, 0.1) is 13.0 Å². The Morgan fingerprint density at radius 1 is 1.29 bits per heavy atom. The van der Waals surface area contributed by atoms with E-state index in [9.17, 15) is 4.79 Å². The third kappa shape index (κ3) is 6.63. The van der Waals surface area contributed by atoms with Gasteiger partial charge in [-0.2, -0.15) is 0 Å². The zero-order valence-electron chi connectivity index (χ0n) is 13.3. The summed E-state index contributed by atoms with van der Waals surface area (Å²) >= 11 is 0. The number of carbonyl (C=O) groups is 1. The van der Waals surface area contributed by atoms with Crippen LogP contribution in [0, 0.1) is 5.92 Å². The smallest absolute Gasteiger partial charge is 0.307 e. The van der Waals surface area contributed by atoms with Gasteiger partial charge in [0.15, 0.2) is 0 Å². The van der Waals surface area contributed by atoms with Crippen molar-refractivity contribution in [1.82, 2.24) is 4.90 Å². The number of aliphatic carboxylic acids is 1. The molecule has 0 aromatic heterocycles. The van der Waals surface area contributed by atoms with Gasteiger partial charge < -0.3 is 14.7 Å². The van der Waals surface area contributed by atoms with Crippen LogP contribution in [0.4, 0.5) is 0 Å². The Morgan fingerprint density at radius 2 is 1.95 bits per heavy atom. The van der Waals surface area contributed by atoms with Gasteiger partial charge in [-0.1, -0.05) is 32.4 Å². The van der Waals surface area contributed by atoms with E-state index >= 15 is 0 Å². The molecule has 21 heavy (non-hydrogen) atoms. The van der Waals surface area contributed by atoms with Crippen LogP contribution < -0.4 is 4.74 Å². The van der Waals surface area contributed by atoms with Gasteiger partial charge in [-0.15, -0.1) is 0 Å². The van der Waals surface area contributed by atoms with Crippen LogP contribution in [0.5, 0.6) is 5.75 Å². The summed E-state index contributed by atoms with van der Waals surface area (Å²) in [5.41, 5.74) is 1.25. The average molecular weight is 293 g/mol. The minimum Gasteiger partial charge on any atom is -0.497 e. The summed E-state index contributed by atoms with van der Waals surface area (Å²) in [7, 11) is 1.66. The molecule has 0 fully saturated rings. The van der Waals surface area contributed by atoms with Crippen LogP contribution in [0.15, 0.2) is 24.3 Å². The maximum Gasteiger partial charge on any atom is 0.307 e. The van der Waals surface area contributed by atoms with Gasteiger partial charge in [0, 0.05) is 13.1 Å². The second-order valence-corrected chi connectivity index (χ2v) is 5.49. The van der Waals surface area contributed by atoms with Crippen LogP contribution in [0.2, 0.25) is 0 Å². The number of benzene rings is 1. The third-order valence-corrected chi connectivity index (χ3v) is 3.66. The number of nitrogens with zero attached hydrogens (tertiary/aromatic N) is 1. The molecule has 0 saturated carbocycles. The molecular weight excluding hydrogens is 266 g/mol. The molecular formula is C17H27NO3. The average Bonchev–Trinajstić information content (AvgIpc) is 2.50. The first-order valence-corrected chi connectivity index (χ1v) is 7.65. The van der Waals surface area contributed by atoms with E-state index in [-0.39, 0.29) is 5.92 Å². The topological polar surface area (TPSA) is 49.8 Å². The highest BCUT2D eigenvalue weighted by atomic mass is 16.5. The molecule has 118 valence electrons. The van der Waals surface area contributed by atoms with Crippen molar-refractivity contribution in [2.24, 2.45) is 5.92 Å². The van der Waals surface area contributed by atoms with Crippen molar-refractivity contribution in [2.45, 2.75) is 33.1 Å². The van der Waals surface area contributed by atoms with Gasteiger partial charge >= 0.3 is 5.97 Å². The fraction of sp³-hybridized carbons (Fsp3) is 0.588. The van der Waals surface area contributed by atoms with Crippen molar-refractivity contribution in [3.63, 3.8) is 0 Å². The first kappa shape index (κ1) is 17.5. The zero-order chi connectivity index (χ0) is 15.7. The summed E-state index contributed by atoms with van der Waals surface area (Å²) < 4.78 is 5.15. The van der Waals surface area contributed by atoms with Gasteiger partial charge in [-0.05, 0) is 37.1 Å². The lowest BCUT2D eigenvalue weighted by Gasteiger charge is -2.24. The van der Waals surface area contributed by atoms with Crippen molar-refractivity contribution >= 4 is 5.97 Å². The molecule has 1 unspecified atom stereocenters. The monoisotopic (exact) mass is 293 g/mol. The summed E-state index contributed by atoms with van der Waals surface area (Å²) in [6.45, 7) is 6.40. The molecule has 0 aliphatic rings. The highest BCUT2D eigenvalue weighted by molar-refractivity contribution is 5.69. The molecule has 0 saturated heterocycles. The summed E-state index contributed by atoms with van der Waals surface area (Å²) in [6, 6.07) is 8.06. The lowest BCUT2D eigenvalue weighted by atomic mass is 10.1. The van der Waals surface area contributed by atoms with E-state index in [1.54, 1.807) is 14.0 Å². The molecule has 0 radical (unpaired) electrons. The first-order chi connectivity index (χ1) is 10.1. The maximum atomic E-state index is 11.0.